The van der Waals surface area contributed by atoms with Crippen LogP contribution in [0.3, 0.4) is 0 Å². The van der Waals surface area contributed by atoms with Crippen LogP contribution < -0.4 is 5.32 Å². The summed E-state index contributed by atoms with van der Waals surface area (Å²) < 4.78 is 0. The number of halogens is 1. The first-order valence-electron chi connectivity index (χ1n) is 10.5. The predicted molar refractivity (Wildman–Crippen MR) is 122 cm³/mol. The normalized spacial score (nSPS) is 16.1. The van der Waals surface area contributed by atoms with Crippen molar-refractivity contribution in [2.24, 2.45) is 5.92 Å². The first kappa shape index (κ1) is 22.1. The Morgan fingerprint density at radius 1 is 1.03 bits per heavy atom. The highest BCUT2D eigenvalue weighted by molar-refractivity contribution is 6.30. The number of carbonyl (C=O) groups excluding carboxylic acids is 2. The van der Waals surface area contributed by atoms with Crippen molar-refractivity contribution in [3.8, 4) is 0 Å². The zero-order valence-corrected chi connectivity index (χ0v) is 18.3. The van der Waals surface area contributed by atoms with Crippen molar-refractivity contribution >= 4 is 29.5 Å². The highest BCUT2D eigenvalue weighted by Gasteiger charge is 2.31. The topological polar surface area (TPSA) is 49.4 Å². The van der Waals surface area contributed by atoms with E-state index >= 15 is 0 Å². The van der Waals surface area contributed by atoms with Gasteiger partial charge in [0.1, 0.15) is 6.04 Å². The zero-order valence-electron chi connectivity index (χ0n) is 17.6. The van der Waals surface area contributed by atoms with Crippen LogP contribution in [0.2, 0.25) is 5.02 Å². The maximum absolute atomic E-state index is 13.1. The third kappa shape index (κ3) is 5.96. The molecule has 1 atom stereocenters. The van der Waals surface area contributed by atoms with E-state index in [0.717, 1.165) is 23.4 Å². The molecule has 0 aromatic heterocycles. The lowest BCUT2D eigenvalue weighted by molar-refractivity contribution is -0.137. The fourth-order valence-corrected chi connectivity index (χ4v) is 3.94. The molecule has 1 heterocycles. The first-order chi connectivity index (χ1) is 14.4. The van der Waals surface area contributed by atoms with Crippen molar-refractivity contribution in [2.75, 3.05) is 13.1 Å². The van der Waals surface area contributed by atoms with Crippen molar-refractivity contribution in [3.63, 3.8) is 0 Å². The van der Waals surface area contributed by atoms with Crippen LogP contribution >= 0.6 is 11.6 Å². The highest BCUT2D eigenvalue weighted by atomic mass is 35.5. The van der Waals surface area contributed by atoms with Crippen molar-refractivity contribution in [3.05, 3.63) is 76.8 Å². The Morgan fingerprint density at radius 3 is 2.27 bits per heavy atom. The molecule has 1 N–H and O–H groups in total. The SMILES string of the molecule is CC(C)C(NC(=O)C=Cc1ccccc1)C(=O)N1CCC(c2ccc(Cl)cc2)CC1. The lowest BCUT2D eigenvalue weighted by Gasteiger charge is -2.35. The second-order valence-electron chi connectivity index (χ2n) is 8.13. The van der Waals surface area contributed by atoms with Crippen molar-refractivity contribution in [1.82, 2.24) is 10.2 Å². The maximum Gasteiger partial charge on any atom is 0.245 e. The minimum Gasteiger partial charge on any atom is -0.341 e. The summed E-state index contributed by atoms with van der Waals surface area (Å²) in [5, 5.41) is 3.64. The van der Waals surface area contributed by atoms with Gasteiger partial charge in [-0.05, 0) is 54.0 Å². The molecule has 0 aliphatic carbocycles. The summed E-state index contributed by atoms with van der Waals surface area (Å²) in [6.45, 7) is 5.32. The first-order valence-corrected chi connectivity index (χ1v) is 10.9. The lowest BCUT2D eigenvalue weighted by Crippen LogP contribution is -2.52. The van der Waals surface area contributed by atoms with E-state index in [4.69, 9.17) is 11.6 Å². The van der Waals surface area contributed by atoms with E-state index in [2.05, 4.69) is 17.4 Å². The minimum absolute atomic E-state index is 0.000942. The maximum atomic E-state index is 13.1. The Balaban J connectivity index is 1.57. The van der Waals surface area contributed by atoms with Crippen LogP contribution in [0.25, 0.3) is 6.08 Å². The van der Waals surface area contributed by atoms with Gasteiger partial charge in [-0.1, -0.05) is 67.9 Å². The van der Waals surface area contributed by atoms with Gasteiger partial charge in [0.15, 0.2) is 0 Å². The van der Waals surface area contributed by atoms with Crippen molar-refractivity contribution in [1.29, 1.82) is 0 Å². The van der Waals surface area contributed by atoms with Gasteiger partial charge in [-0.3, -0.25) is 9.59 Å². The molecule has 30 heavy (non-hydrogen) atoms. The number of nitrogens with one attached hydrogen (secondary N) is 1. The van der Waals surface area contributed by atoms with Gasteiger partial charge < -0.3 is 10.2 Å². The van der Waals surface area contributed by atoms with E-state index in [1.165, 1.54) is 11.6 Å². The second kappa shape index (κ2) is 10.4. The molecule has 1 aliphatic rings. The predicted octanol–water partition coefficient (Wildman–Crippen LogP) is 4.90. The monoisotopic (exact) mass is 424 g/mol. The van der Waals surface area contributed by atoms with Gasteiger partial charge in [0.05, 0.1) is 0 Å². The lowest BCUT2D eigenvalue weighted by atomic mass is 9.89. The number of benzene rings is 2. The number of carbonyl (C=O) groups is 2. The van der Waals surface area contributed by atoms with Gasteiger partial charge >= 0.3 is 0 Å². The fourth-order valence-electron chi connectivity index (χ4n) is 3.82. The van der Waals surface area contributed by atoms with Crippen LogP contribution in [0.1, 0.15) is 43.7 Å². The summed E-state index contributed by atoms with van der Waals surface area (Å²) in [5.74, 6) is 0.204. The molecule has 2 amide bonds. The highest BCUT2D eigenvalue weighted by Crippen LogP contribution is 2.29. The van der Waals surface area contributed by atoms with E-state index in [1.54, 1.807) is 6.08 Å². The number of rotatable bonds is 6. The van der Waals surface area contributed by atoms with Crippen molar-refractivity contribution in [2.45, 2.75) is 38.6 Å². The van der Waals surface area contributed by atoms with Crippen LogP contribution in [-0.2, 0) is 9.59 Å². The van der Waals surface area contributed by atoms with E-state index in [-0.39, 0.29) is 17.7 Å². The molecule has 3 rings (SSSR count). The summed E-state index contributed by atoms with van der Waals surface area (Å²) >= 11 is 5.99. The van der Waals surface area contributed by atoms with Crippen LogP contribution in [0, 0.1) is 5.92 Å². The van der Waals surface area contributed by atoms with Crippen LogP contribution in [-0.4, -0.2) is 35.8 Å². The molecular formula is C25H29ClN2O2. The minimum atomic E-state index is -0.523. The van der Waals surface area contributed by atoms with Crippen LogP contribution in [0.4, 0.5) is 0 Å². The number of likely N-dealkylation sites (tertiary alicyclic amines) is 1. The zero-order chi connectivity index (χ0) is 21.5. The Kier molecular flexibility index (Phi) is 7.69. The number of hydrogen-bond acceptors (Lipinski definition) is 2. The quantitative estimate of drug-likeness (QED) is 0.670. The Labute approximate surface area is 183 Å². The number of piperidine rings is 1. The third-order valence-corrected chi connectivity index (χ3v) is 5.86. The molecule has 5 heteroatoms. The molecular weight excluding hydrogens is 396 g/mol. The van der Waals surface area contributed by atoms with Gasteiger partial charge in [0.25, 0.3) is 0 Å². The summed E-state index contributed by atoms with van der Waals surface area (Å²) in [6.07, 6.45) is 5.08. The van der Waals surface area contributed by atoms with Gasteiger partial charge in [0, 0.05) is 24.2 Å². The molecule has 1 fully saturated rings. The van der Waals surface area contributed by atoms with E-state index in [9.17, 15) is 9.59 Å². The Hall–Kier alpha value is -2.59. The average Bonchev–Trinajstić information content (AvgIpc) is 2.77. The van der Waals surface area contributed by atoms with E-state index in [1.807, 2.05) is 61.2 Å². The summed E-state index contributed by atoms with van der Waals surface area (Å²) in [5.41, 5.74) is 2.22. The Morgan fingerprint density at radius 2 is 1.67 bits per heavy atom. The fraction of sp³-hybridized carbons (Fsp3) is 0.360. The van der Waals surface area contributed by atoms with E-state index < -0.39 is 6.04 Å². The molecule has 1 aliphatic heterocycles. The molecule has 2 aromatic carbocycles. The molecule has 0 bridgehead atoms. The van der Waals surface area contributed by atoms with Gasteiger partial charge in [-0.2, -0.15) is 0 Å². The average molecular weight is 425 g/mol. The molecule has 2 aromatic rings. The molecule has 0 saturated carbocycles. The third-order valence-electron chi connectivity index (χ3n) is 5.61. The summed E-state index contributed by atoms with van der Waals surface area (Å²) in [4.78, 5) is 27.4. The largest absolute Gasteiger partial charge is 0.341 e. The van der Waals surface area contributed by atoms with Gasteiger partial charge in [-0.15, -0.1) is 0 Å². The van der Waals surface area contributed by atoms with E-state index in [0.29, 0.717) is 19.0 Å². The van der Waals surface area contributed by atoms with Crippen LogP contribution in [0.5, 0.6) is 0 Å². The molecule has 4 nitrogen and oxygen atoms in total. The van der Waals surface area contributed by atoms with Crippen LogP contribution in [0.15, 0.2) is 60.7 Å². The molecule has 1 unspecified atom stereocenters. The molecule has 0 spiro atoms. The summed E-state index contributed by atoms with van der Waals surface area (Å²) in [7, 11) is 0. The summed E-state index contributed by atoms with van der Waals surface area (Å²) in [6, 6.07) is 17.1. The second-order valence-corrected chi connectivity index (χ2v) is 8.56. The van der Waals surface area contributed by atoms with Gasteiger partial charge in [-0.25, -0.2) is 0 Å². The molecule has 158 valence electrons. The smallest absolute Gasteiger partial charge is 0.245 e. The van der Waals surface area contributed by atoms with Crippen molar-refractivity contribution < 1.29 is 9.59 Å². The number of nitrogens with zero attached hydrogens (tertiary/aromatic N) is 1. The molecule has 0 radical (unpaired) electrons. The standard InChI is InChI=1S/C25H29ClN2O2/c1-18(2)24(27-23(29)13-8-19-6-4-3-5-7-19)25(30)28-16-14-21(15-17-28)20-9-11-22(26)12-10-20/h3-13,18,21,24H,14-17H2,1-2H3,(H,27,29). The Bertz CT molecular complexity index is 870. The molecule has 1 saturated heterocycles. The van der Waals surface area contributed by atoms with Gasteiger partial charge in [0.2, 0.25) is 11.8 Å². The number of hydrogen-bond donors (Lipinski definition) is 1. The number of amides is 2.